The predicted octanol–water partition coefficient (Wildman–Crippen LogP) is 2.73. The van der Waals surface area contributed by atoms with E-state index >= 15 is 0 Å². The number of aromatic nitrogens is 4. The summed E-state index contributed by atoms with van der Waals surface area (Å²) in [4.78, 5) is 26.6. The second-order valence-corrected chi connectivity index (χ2v) is 8.34. The Hall–Kier alpha value is -3.78. The van der Waals surface area contributed by atoms with Crippen LogP contribution in [-0.4, -0.2) is 69.2 Å². The first-order valence-corrected chi connectivity index (χ1v) is 11.3. The van der Waals surface area contributed by atoms with E-state index in [1.807, 2.05) is 67.7 Å². The lowest BCUT2D eigenvalue weighted by molar-refractivity contribution is 0.0929. The number of amides is 1. The van der Waals surface area contributed by atoms with Crippen LogP contribution in [0.4, 0.5) is 5.82 Å². The molecule has 5 rings (SSSR count). The molecule has 0 radical (unpaired) electrons. The molecule has 0 saturated carbocycles. The number of nitrogens with one attached hydrogen (secondary N) is 1. The number of fused-ring (bicyclic) bond motifs is 1. The van der Waals surface area contributed by atoms with Gasteiger partial charge in [0.15, 0.2) is 5.65 Å². The average molecular weight is 442 g/mol. The van der Waals surface area contributed by atoms with Crippen molar-refractivity contribution in [3.05, 3.63) is 78.8 Å². The third-order valence-corrected chi connectivity index (χ3v) is 5.97. The Morgan fingerprint density at radius 1 is 0.970 bits per heavy atom. The molecule has 0 aliphatic carbocycles. The van der Waals surface area contributed by atoms with Crippen molar-refractivity contribution in [2.45, 2.75) is 13.0 Å². The molecule has 1 aliphatic rings. The molecule has 8 nitrogen and oxygen atoms in total. The Morgan fingerprint density at radius 2 is 1.76 bits per heavy atom. The minimum absolute atomic E-state index is 0.00570. The lowest BCUT2D eigenvalue weighted by Crippen LogP contribution is -2.51. The van der Waals surface area contributed by atoms with E-state index in [-0.39, 0.29) is 11.9 Å². The minimum atomic E-state index is -0.151. The van der Waals surface area contributed by atoms with Gasteiger partial charge in [-0.2, -0.15) is 5.10 Å². The summed E-state index contributed by atoms with van der Waals surface area (Å²) in [6, 6.07) is 17.9. The van der Waals surface area contributed by atoms with E-state index in [0.29, 0.717) is 11.2 Å². The number of pyridine rings is 1. The Kier molecular flexibility index (Phi) is 5.99. The fraction of sp³-hybridized carbons (Fsp3) is 0.280. The van der Waals surface area contributed by atoms with Gasteiger partial charge in [0.2, 0.25) is 0 Å². The van der Waals surface area contributed by atoms with Crippen LogP contribution >= 0.6 is 0 Å². The van der Waals surface area contributed by atoms with Gasteiger partial charge < -0.3 is 10.2 Å². The fourth-order valence-corrected chi connectivity index (χ4v) is 4.31. The third kappa shape index (κ3) is 4.56. The highest BCUT2D eigenvalue weighted by atomic mass is 16.1. The standard InChI is InChI=1S/C25H27N7O/c1-19(18-30-13-15-31(16-14-30)23-9-5-6-11-26-23)29-25(33)21-17-28-32-22(10-12-27-24(21)32)20-7-3-2-4-8-20/h2-12,17,19H,13-16,18H2,1H3,(H,29,33). The number of carbonyl (C=O) groups is 1. The minimum Gasteiger partial charge on any atom is -0.354 e. The first-order chi connectivity index (χ1) is 16.2. The number of benzene rings is 1. The highest BCUT2D eigenvalue weighted by Gasteiger charge is 2.22. The molecular weight excluding hydrogens is 414 g/mol. The summed E-state index contributed by atoms with van der Waals surface area (Å²) in [7, 11) is 0. The molecule has 8 heteroatoms. The molecule has 1 aliphatic heterocycles. The van der Waals surface area contributed by atoms with Crippen molar-refractivity contribution in [2.24, 2.45) is 0 Å². The maximum atomic E-state index is 13.0. The van der Waals surface area contributed by atoms with Crippen LogP contribution in [0, 0.1) is 0 Å². The van der Waals surface area contributed by atoms with Gasteiger partial charge in [-0.15, -0.1) is 0 Å². The molecule has 1 saturated heterocycles. The summed E-state index contributed by atoms with van der Waals surface area (Å²) in [5, 5.41) is 7.57. The van der Waals surface area contributed by atoms with Crippen molar-refractivity contribution in [2.75, 3.05) is 37.6 Å². The molecule has 1 amide bonds. The predicted molar refractivity (Wildman–Crippen MR) is 128 cm³/mol. The van der Waals surface area contributed by atoms with Gasteiger partial charge in [0.05, 0.1) is 11.9 Å². The molecule has 1 N–H and O–H groups in total. The van der Waals surface area contributed by atoms with Crippen LogP contribution in [-0.2, 0) is 0 Å². The summed E-state index contributed by atoms with van der Waals surface area (Å²) < 4.78 is 1.73. The van der Waals surface area contributed by atoms with Crippen LogP contribution in [0.1, 0.15) is 17.3 Å². The number of anilines is 1. The van der Waals surface area contributed by atoms with Crippen molar-refractivity contribution in [3.63, 3.8) is 0 Å². The van der Waals surface area contributed by atoms with Gasteiger partial charge in [0.1, 0.15) is 11.4 Å². The number of hydrogen-bond donors (Lipinski definition) is 1. The van der Waals surface area contributed by atoms with E-state index in [0.717, 1.165) is 49.8 Å². The van der Waals surface area contributed by atoms with Crippen LogP contribution in [0.2, 0.25) is 0 Å². The van der Waals surface area contributed by atoms with Gasteiger partial charge in [0.25, 0.3) is 5.91 Å². The lowest BCUT2D eigenvalue weighted by atomic mass is 10.1. The highest BCUT2D eigenvalue weighted by molar-refractivity contribution is 6.00. The van der Waals surface area contributed by atoms with Gasteiger partial charge in [0, 0.05) is 56.7 Å². The molecular formula is C25H27N7O. The van der Waals surface area contributed by atoms with Crippen LogP contribution < -0.4 is 10.2 Å². The topological polar surface area (TPSA) is 78.7 Å². The smallest absolute Gasteiger partial charge is 0.257 e. The van der Waals surface area contributed by atoms with Crippen molar-refractivity contribution < 1.29 is 4.79 Å². The van der Waals surface area contributed by atoms with Gasteiger partial charge in [-0.3, -0.25) is 9.69 Å². The highest BCUT2D eigenvalue weighted by Crippen LogP contribution is 2.20. The van der Waals surface area contributed by atoms with E-state index < -0.39 is 0 Å². The molecule has 1 atom stereocenters. The SMILES string of the molecule is CC(CN1CCN(c2ccccn2)CC1)NC(=O)c1cnn2c(-c3ccccc3)ccnc12. The second-order valence-electron chi connectivity index (χ2n) is 8.34. The van der Waals surface area contributed by atoms with Crippen molar-refractivity contribution in [1.82, 2.24) is 29.8 Å². The van der Waals surface area contributed by atoms with E-state index in [1.54, 1.807) is 16.9 Å². The maximum absolute atomic E-state index is 13.0. The molecule has 1 aromatic carbocycles. The Balaban J connectivity index is 1.21. The van der Waals surface area contributed by atoms with Crippen LogP contribution in [0.15, 0.2) is 73.2 Å². The Morgan fingerprint density at radius 3 is 2.52 bits per heavy atom. The van der Waals surface area contributed by atoms with Crippen molar-refractivity contribution >= 4 is 17.4 Å². The van der Waals surface area contributed by atoms with E-state index in [2.05, 4.69) is 30.2 Å². The number of rotatable bonds is 6. The summed E-state index contributed by atoms with van der Waals surface area (Å²) in [6.45, 7) is 6.57. The Labute approximate surface area is 192 Å². The first-order valence-electron chi connectivity index (χ1n) is 11.3. The van der Waals surface area contributed by atoms with Gasteiger partial charge in [-0.05, 0) is 25.1 Å². The summed E-state index contributed by atoms with van der Waals surface area (Å²) in [5.41, 5.74) is 2.97. The largest absolute Gasteiger partial charge is 0.354 e. The zero-order valence-electron chi connectivity index (χ0n) is 18.6. The lowest BCUT2D eigenvalue weighted by Gasteiger charge is -2.36. The third-order valence-electron chi connectivity index (χ3n) is 5.97. The molecule has 0 bridgehead atoms. The molecule has 1 unspecified atom stereocenters. The van der Waals surface area contributed by atoms with Crippen LogP contribution in [0.3, 0.4) is 0 Å². The van der Waals surface area contributed by atoms with Gasteiger partial charge in [-0.1, -0.05) is 36.4 Å². The van der Waals surface area contributed by atoms with Crippen molar-refractivity contribution in [3.8, 4) is 11.3 Å². The average Bonchev–Trinajstić information content (AvgIpc) is 3.30. The van der Waals surface area contributed by atoms with Crippen LogP contribution in [0.25, 0.3) is 16.9 Å². The molecule has 0 spiro atoms. The van der Waals surface area contributed by atoms with E-state index in [9.17, 15) is 4.79 Å². The zero-order chi connectivity index (χ0) is 22.6. The molecule has 168 valence electrons. The normalized spacial score (nSPS) is 15.5. The Bertz CT molecular complexity index is 1220. The van der Waals surface area contributed by atoms with E-state index in [4.69, 9.17) is 0 Å². The first kappa shape index (κ1) is 21.1. The van der Waals surface area contributed by atoms with Crippen molar-refractivity contribution in [1.29, 1.82) is 0 Å². The van der Waals surface area contributed by atoms with Gasteiger partial charge >= 0.3 is 0 Å². The van der Waals surface area contributed by atoms with Crippen LogP contribution in [0.5, 0.6) is 0 Å². The molecule has 33 heavy (non-hydrogen) atoms. The number of piperazine rings is 1. The van der Waals surface area contributed by atoms with Gasteiger partial charge in [-0.25, -0.2) is 14.5 Å². The molecule has 1 fully saturated rings. The number of nitrogens with zero attached hydrogens (tertiary/aromatic N) is 6. The number of hydrogen-bond acceptors (Lipinski definition) is 6. The molecule has 4 aromatic rings. The summed E-state index contributed by atoms with van der Waals surface area (Å²) in [6.07, 6.45) is 5.15. The summed E-state index contributed by atoms with van der Waals surface area (Å²) >= 11 is 0. The summed E-state index contributed by atoms with van der Waals surface area (Å²) in [5.74, 6) is 0.872. The second kappa shape index (κ2) is 9.38. The number of carbonyl (C=O) groups excluding carboxylic acids is 1. The maximum Gasteiger partial charge on any atom is 0.257 e. The fourth-order valence-electron chi connectivity index (χ4n) is 4.31. The quantitative estimate of drug-likeness (QED) is 0.496. The molecule has 3 aromatic heterocycles. The molecule has 4 heterocycles. The monoisotopic (exact) mass is 441 g/mol. The zero-order valence-corrected chi connectivity index (χ0v) is 18.6. The van der Waals surface area contributed by atoms with E-state index in [1.165, 1.54) is 0 Å².